The molecule has 2 heterocycles. The van der Waals surface area contributed by atoms with Crippen molar-refractivity contribution in [3.8, 4) is 0 Å². The number of ether oxygens (including phenoxy) is 1. The van der Waals surface area contributed by atoms with Crippen LogP contribution >= 0.6 is 11.3 Å². The normalized spacial score (nSPS) is 22.2. The Hall–Kier alpha value is -1.40. The predicted octanol–water partition coefficient (Wildman–Crippen LogP) is 1.86. The molecule has 0 saturated carbocycles. The molecule has 6 heteroatoms. The van der Waals surface area contributed by atoms with Crippen LogP contribution in [0, 0.1) is 5.41 Å². The summed E-state index contributed by atoms with van der Waals surface area (Å²) >= 11 is 1.27. The molecule has 1 fully saturated rings. The second-order valence-corrected chi connectivity index (χ2v) is 5.59. The molecular weight excluding hydrogens is 264 g/mol. The molecule has 1 aliphatic rings. The Kier molecular flexibility index (Phi) is 4.21. The van der Waals surface area contributed by atoms with Crippen molar-refractivity contribution in [2.24, 2.45) is 5.41 Å². The van der Waals surface area contributed by atoms with Crippen molar-refractivity contribution in [3.63, 3.8) is 0 Å². The fourth-order valence-electron chi connectivity index (χ4n) is 2.31. The molecule has 1 unspecified atom stereocenters. The first kappa shape index (κ1) is 14.0. The molecule has 1 atom stereocenters. The Morgan fingerprint density at radius 1 is 1.58 bits per heavy atom. The van der Waals surface area contributed by atoms with E-state index in [0.29, 0.717) is 17.1 Å². The van der Waals surface area contributed by atoms with Crippen molar-refractivity contribution in [3.05, 3.63) is 16.3 Å². The Balaban J connectivity index is 2.15. The van der Waals surface area contributed by atoms with Gasteiger partial charge in [-0.05, 0) is 30.8 Å². The van der Waals surface area contributed by atoms with Crippen LogP contribution in [0.3, 0.4) is 0 Å². The van der Waals surface area contributed by atoms with E-state index in [1.165, 1.54) is 18.4 Å². The summed E-state index contributed by atoms with van der Waals surface area (Å²) in [5, 5.41) is 7.86. The van der Waals surface area contributed by atoms with Gasteiger partial charge in [0.15, 0.2) is 0 Å². The summed E-state index contributed by atoms with van der Waals surface area (Å²) in [5.41, 5.74) is 0.177. The molecule has 1 aliphatic heterocycles. The number of methoxy groups -OCH3 is 1. The maximum Gasteiger partial charge on any atom is 0.350 e. The fraction of sp³-hybridized carbons (Fsp3) is 0.538. The van der Waals surface area contributed by atoms with E-state index >= 15 is 0 Å². The van der Waals surface area contributed by atoms with E-state index in [0.717, 1.165) is 19.4 Å². The highest BCUT2D eigenvalue weighted by Gasteiger charge is 2.39. The van der Waals surface area contributed by atoms with Crippen molar-refractivity contribution in [1.82, 2.24) is 5.32 Å². The summed E-state index contributed by atoms with van der Waals surface area (Å²) in [6.07, 6.45) is 1.61. The number of thiophene rings is 1. The standard InChI is InChI=1S/C13H18N2O3S/c1-3-13(5-6-14-8-13)12(17)15-9-4-7-19-10(9)11(16)18-2/h4,7,14H,3,5-6,8H2,1-2H3,(H,15,17). The molecule has 2 N–H and O–H groups in total. The van der Waals surface area contributed by atoms with Crippen LogP contribution in [0.15, 0.2) is 11.4 Å². The lowest BCUT2D eigenvalue weighted by Crippen LogP contribution is -2.37. The largest absolute Gasteiger partial charge is 0.465 e. The van der Waals surface area contributed by atoms with Crippen LogP contribution in [0.4, 0.5) is 5.69 Å². The van der Waals surface area contributed by atoms with Gasteiger partial charge in [-0.25, -0.2) is 4.79 Å². The molecule has 1 aromatic heterocycles. The molecule has 2 rings (SSSR count). The zero-order chi connectivity index (χ0) is 13.9. The van der Waals surface area contributed by atoms with Gasteiger partial charge in [-0.3, -0.25) is 4.79 Å². The maximum absolute atomic E-state index is 12.4. The van der Waals surface area contributed by atoms with Crippen molar-refractivity contribution in [2.45, 2.75) is 19.8 Å². The second kappa shape index (κ2) is 5.71. The second-order valence-electron chi connectivity index (χ2n) is 4.67. The summed E-state index contributed by atoms with van der Waals surface area (Å²) < 4.78 is 4.70. The molecule has 0 radical (unpaired) electrons. The molecule has 1 aromatic rings. The summed E-state index contributed by atoms with van der Waals surface area (Å²) in [4.78, 5) is 24.4. The third-order valence-corrected chi connectivity index (χ3v) is 4.58. The monoisotopic (exact) mass is 282 g/mol. The minimum Gasteiger partial charge on any atom is -0.465 e. The Morgan fingerprint density at radius 2 is 2.37 bits per heavy atom. The number of carbonyl (C=O) groups excluding carboxylic acids is 2. The van der Waals surface area contributed by atoms with Crippen LogP contribution < -0.4 is 10.6 Å². The molecule has 0 aromatic carbocycles. The number of rotatable bonds is 4. The van der Waals surface area contributed by atoms with Gasteiger partial charge in [-0.2, -0.15) is 0 Å². The first-order valence-electron chi connectivity index (χ1n) is 6.31. The van der Waals surface area contributed by atoms with Crippen LogP contribution in [0.1, 0.15) is 29.4 Å². The van der Waals surface area contributed by atoms with Crippen LogP contribution in [0.25, 0.3) is 0 Å². The van der Waals surface area contributed by atoms with Crippen molar-refractivity contribution in [2.75, 3.05) is 25.5 Å². The van der Waals surface area contributed by atoms with Crippen LogP contribution in [0.5, 0.6) is 0 Å². The Labute approximate surface area is 116 Å². The molecule has 19 heavy (non-hydrogen) atoms. The third-order valence-electron chi connectivity index (χ3n) is 3.69. The lowest BCUT2D eigenvalue weighted by molar-refractivity contribution is -0.124. The fourth-order valence-corrected chi connectivity index (χ4v) is 3.08. The minimum absolute atomic E-state index is 0.0245. The number of hydrogen-bond donors (Lipinski definition) is 2. The average molecular weight is 282 g/mol. The van der Waals surface area contributed by atoms with Gasteiger partial charge < -0.3 is 15.4 Å². The SMILES string of the molecule is CCC1(C(=O)Nc2ccsc2C(=O)OC)CCNC1. The zero-order valence-electron chi connectivity index (χ0n) is 11.1. The van der Waals surface area contributed by atoms with Gasteiger partial charge in [0, 0.05) is 6.54 Å². The number of hydrogen-bond acceptors (Lipinski definition) is 5. The molecule has 0 bridgehead atoms. The van der Waals surface area contributed by atoms with Gasteiger partial charge in [0.2, 0.25) is 5.91 Å². The van der Waals surface area contributed by atoms with Gasteiger partial charge in [-0.1, -0.05) is 6.92 Å². The average Bonchev–Trinajstić information content (AvgIpc) is 3.07. The Morgan fingerprint density at radius 3 is 2.95 bits per heavy atom. The van der Waals surface area contributed by atoms with Gasteiger partial charge in [0.25, 0.3) is 0 Å². The zero-order valence-corrected chi connectivity index (χ0v) is 11.9. The van der Waals surface area contributed by atoms with Crippen molar-refractivity contribution < 1.29 is 14.3 Å². The topological polar surface area (TPSA) is 67.4 Å². The lowest BCUT2D eigenvalue weighted by Gasteiger charge is -2.25. The molecular formula is C13H18N2O3S. The van der Waals surface area contributed by atoms with E-state index < -0.39 is 5.97 Å². The molecule has 1 saturated heterocycles. The van der Waals surface area contributed by atoms with E-state index in [9.17, 15) is 9.59 Å². The van der Waals surface area contributed by atoms with E-state index in [1.807, 2.05) is 6.92 Å². The smallest absolute Gasteiger partial charge is 0.350 e. The number of esters is 1. The summed E-state index contributed by atoms with van der Waals surface area (Å²) in [6.45, 7) is 3.56. The van der Waals surface area contributed by atoms with E-state index in [-0.39, 0.29) is 11.3 Å². The van der Waals surface area contributed by atoms with E-state index in [4.69, 9.17) is 4.74 Å². The van der Waals surface area contributed by atoms with Gasteiger partial charge in [-0.15, -0.1) is 11.3 Å². The quantitative estimate of drug-likeness (QED) is 0.827. The van der Waals surface area contributed by atoms with Crippen LogP contribution in [-0.4, -0.2) is 32.1 Å². The first-order chi connectivity index (χ1) is 9.13. The van der Waals surface area contributed by atoms with Crippen molar-refractivity contribution in [1.29, 1.82) is 0 Å². The highest BCUT2D eigenvalue weighted by atomic mass is 32.1. The molecule has 1 amide bonds. The molecule has 0 spiro atoms. The van der Waals surface area contributed by atoms with Gasteiger partial charge >= 0.3 is 5.97 Å². The number of carbonyl (C=O) groups is 2. The Bertz CT molecular complexity index is 478. The number of anilines is 1. The lowest BCUT2D eigenvalue weighted by atomic mass is 9.83. The molecule has 0 aliphatic carbocycles. The number of amides is 1. The molecule has 5 nitrogen and oxygen atoms in total. The first-order valence-corrected chi connectivity index (χ1v) is 7.19. The minimum atomic E-state index is -0.416. The summed E-state index contributed by atoms with van der Waals surface area (Å²) in [6, 6.07) is 1.74. The third kappa shape index (κ3) is 2.64. The van der Waals surface area contributed by atoms with Crippen LogP contribution in [-0.2, 0) is 9.53 Å². The predicted molar refractivity (Wildman–Crippen MR) is 74.5 cm³/mol. The van der Waals surface area contributed by atoms with Gasteiger partial charge in [0.1, 0.15) is 4.88 Å². The van der Waals surface area contributed by atoms with Crippen LogP contribution in [0.2, 0.25) is 0 Å². The number of nitrogens with one attached hydrogen (secondary N) is 2. The van der Waals surface area contributed by atoms with E-state index in [1.54, 1.807) is 11.4 Å². The highest BCUT2D eigenvalue weighted by molar-refractivity contribution is 7.12. The van der Waals surface area contributed by atoms with Gasteiger partial charge in [0.05, 0.1) is 18.2 Å². The van der Waals surface area contributed by atoms with E-state index in [2.05, 4.69) is 10.6 Å². The van der Waals surface area contributed by atoms with Crippen molar-refractivity contribution >= 4 is 28.9 Å². The summed E-state index contributed by atoms with van der Waals surface area (Å²) in [7, 11) is 1.34. The molecule has 104 valence electrons. The highest BCUT2D eigenvalue weighted by Crippen LogP contribution is 2.32. The summed E-state index contributed by atoms with van der Waals surface area (Å²) in [5.74, 6) is -0.441. The maximum atomic E-state index is 12.4.